The minimum absolute atomic E-state index is 0.00977. The maximum Gasteiger partial charge on any atom is 0.184 e. The molecule has 16 heavy (non-hydrogen) atoms. The van der Waals surface area contributed by atoms with Crippen LogP contribution < -0.4 is 0 Å². The molecule has 0 radical (unpaired) electrons. The molecule has 0 aliphatic heterocycles. The molecule has 2 aromatic rings. The zero-order valence-electron chi connectivity index (χ0n) is 10.2. The fourth-order valence-electron chi connectivity index (χ4n) is 1.85. The van der Waals surface area contributed by atoms with E-state index in [2.05, 4.69) is 35.5 Å². The summed E-state index contributed by atoms with van der Waals surface area (Å²) in [6.07, 6.45) is 0. The lowest BCUT2D eigenvalue weighted by Crippen LogP contribution is -2.12. The van der Waals surface area contributed by atoms with E-state index in [1.54, 1.807) is 0 Å². The van der Waals surface area contributed by atoms with E-state index in [-0.39, 0.29) is 5.41 Å². The van der Waals surface area contributed by atoms with Crippen molar-refractivity contribution in [2.75, 3.05) is 0 Å². The van der Waals surface area contributed by atoms with Crippen molar-refractivity contribution in [2.24, 2.45) is 0 Å². The van der Waals surface area contributed by atoms with Crippen LogP contribution in [0.25, 0.3) is 10.6 Å². The van der Waals surface area contributed by atoms with E-state index < -0.39 is 0 Å². The standard InChI is InChI=1S/C11H15N3OS/c1-6-8(11(3,4)5)9(15-13-6)10-7(2)12-14-16-10/h1-5H3. The van der Waals surface area contributed by atoms with Crippen molar-refractivity contribution in [1.82, 2.24) is 14.7 Å². The van der Waals surface area contributed by atoms with Gasteiger partial charge in [0.2, 0.25) is 0 Å². The van der Waals surface area contributed by atoms with Crippen LogP contribution in [0.5, 0.6) is 0 Å². The SMILES string of the molecule is Cc1nnsc1-c1onc(C)c1C(C)(C)C. The van der Waals surface area contributed by atoms with Gasteiger partial charge in [-0.05, 0) is 30.8 Å². The molecule has 0 unspecified atom stereocenters. The number of aryl methyl sites for hydroxylation is 2. The Bertz CT molecular complexity index is 508. The van der Waals surface area contributed by atoms with Gasteiger partial charge in [-0.1, -0.05) is 30.4 Å². The van der Waals surface area contributed by atoms with E-state index >= 15 is 0 Å². The van der Waals surface area contributed by atoms with Crippen LogP contribution >= 0.6 is 11.5 Å². The molecule has 0 aliphatic carbocycles. The van der Waals surface area contributed by atoms with Crippen LogP contribution in [-0.4, -0.2) is 14.7 Å². The predicted octanol–water partition coefficient (Wildman–Crippen LogP) is 3.11. The van der Waals surface area contributed by atoms with Gasteiger partial charge >= 0.3 is 0 Å². The third kappa shape index (κ3) is 1.75. The lowest BCUT2D eigenvalue weighted by Gasteiger charge is -2.18. The van der Waals surface area contributed by atoms with Gasteiger partial charge in [0.25, 0.3) is 0 Å². The fraction of sp³-hybridized carbons (Fsp3) is 0.545. The number of hydrogen-bond donors (Lipinski definition) is 0. The van der Waals surface area contributed by atoms with Crippen LogP contribution in [0.3, 0.4) is 0 Å². The van der Waals surface area contributed by atoms with Crippen LogP contribution in [0.4, 0.5) is 0 Å². The Balaban J connectivity index is 2.64. The van der Waals surface area contributed by atoms with Crippen molar-refractivity contribution in [3.8, 4) is 10.6 Å². The van der Waals surface area contributed by atoms with E-state index in [9.17, 15) is 0 Å². The molecule has 4 nitrogen and oxygen atoms in total. The molecular formula is C11H15N3OS. The third-order valence-corrected chi connectivity index (χ3v) is 3.30. The second-order valence-corrected chi connectivity index (χ2v) is 5.66. The van der Waals surface area contributed by atoms with Gasteiger partial charge in [-0.25, -0.2) is 0 Å². The molecule has 2 aromatic heterocycles. The first-order valence-electron chi connectivity index (χ1n) is 5.17. The van der Waals surface area contributed by atoms with Gasteiger partial charge in [-0.3, -0.25) is 0 Å². The second kappa shape index (κ2) is 3.66. The summed E-state index contributed by atoms with van der Waals surface area (Å²) in [6.45, 7) is 10.4. The Labute approximate surface area is 98.8 Å². The van der Waals surface area contributed by atoms with Crippen molar-refractivity contribution in [3.63, 3.8) is 0 Å². The molecule has 2 rings (SSSR count). The summed E-state index contributed by atoms with van der Waals surface area (Å²) in [7, 11) is 0. The first-order chi connectivity index (χ1) is 7.41. The number of aromatic nitrogens is 3. The van der Waals surface area contributed by atoms with Crippen LogP contribution in [-0.2, 0) is 5.41 Å². The molecule has 0 aromatic carbocycles. The molecule has 0 aliphatic rings. The Morgan fingerprint density at radius 1 is 1.12 bits per heavy atom. The first kappa shape index (κ1) is 11.3. The molecule has 0 amide bonds. The minimum atomic E-state index is 0.00977. The maximum atomic E-state index is 5.43. The number of rotatable bonds is 1. The van der Waals surface area contributed by atoms with Crippen LogP contribution in [0.2, 0.25) is 0 Å². The van der Waals surface area contributed by atoms with Gasteiger partial charge in [0.05, 0.1) is 11.4 Å². The summed E-state index contributed by atoms with van der Waals surface area (Å²) in [4.78, 5) is 0.977. The lowest BCUT2D eigenvalue weighted by molar-refractivity contribution is 0.426. The number of hydrogen-bond acceptors (Lipinski definition) is 5. The second-order valence-electron chi connectivity index (χ2n) is 4.91. The van der Waals surface area contributed by atoms with E-state index in [1.165, 1.54) is 11.5 Å². The van der Waals surface area contributed by atoms with Gasteiger partial charge in [0, 0.05) is 5.56 Å². The van der Waals surface area contributed by atoms with E-state index in [4.69, 9.17) is 4.52 Å². The zero-order valence-corrected chi connectivity index (χ0v) is 11.0. The predicted molar refractivity (Wildman–Crippen MR) is 63.6 cm³/mol. The van der Waals surface area contributed by atoms with Gasteiger partial charge in [-0.2, -0.15) is 0 Å². The molecule has 0 fully saturated rings. The highest BCUT2D eigenvalue weighted by Gasteiger charge is 2.28. The Kier molecular flexibility index (Phi) is 2.58. The number of nitrogens with zero attached hydrogens (tertiary/aromatic N) is 3. The largest absolute Gasteiger partial charge is 0.355 e. The van der Waals surface area contributed by atoms with Gasteiger partial charge in [-0.15, -0.1) is 5.10 Å². The highest BCUT2D eigenvalue weighted by Crippen LogP contribution is 2.37. The molecule has 0 saturated carbocycles. The summed E-state index contributed by atoms with van der Waals surface area (Å²) in [5.74, 6) is 0.817. The lowest BCUT2D eigenvalue weighted by atomic mass is 9.85. The summed E-state index contributed by atoms with van der Waals surface area (Å²) in [5.41, 5.74) is 2.99. The Morgan fingerprint density at radius 2 is 1.81 bits per heavy atom. The average Bonchev–Trinajstić information content (AvgIpc) is 2.69. The summed E-state index contributed by atoms with van der Waals surface area (Å²) < 4.78 is 9.36. The van der Waals surface area contributed by atoms with Gasteiger partial charge < -0.3 is 4.52 Å². The minimum Gasteiger partial charge on any atom is -0.355 e. The van der Waals surface area contributed by atoms with Crippen LogP contribution in [0, 0.1) is 13.8 Å². The Hall–Kier alpha value is -1.23. The normalized spacial score (nSPS) is 12.1. The van der Waals surface area contributed by atoms with Crippen molar-refractivity contribution in [2.45, 2.75) is 40.0 Å². The van der Waals surface area contributed by atoms with E-state index in [1.807, 2.05) is 13.8 Å². The molecule has 0 saturated heterocycles. The van der Waals surface area contributed by atoms with Gasteiger partial charge in [0.15, 0.2) is 5.76 Å². The molecule has 0 bridgehead atoms. The van der Waals surface area contributed by atoms with Gasteiger partial charge in [0.1, 0.15) is 4.88 Å². The van der Waals surface area contributed by atoms with Crippen LogP contribution in [0.15, 0.2) is 4.52 Å². The molecule has 86 valence electrons. The molecule has 0 N–H and O–H groups in total. The highest BCUT2D eigenvalue weighted by atomic mass is 32.1. The average molecular weight is 237 g/mol. The topological polar surface area (TPSA) is 51.8 Å². The first-order valence-corrected chi connectivity index (χ1v) is 5.94. The summed E-state index contributed by atoms with van der Waals surface area (Å²) >= 11 is 1.35. The molecular weight excluding hydrogens is 222 g/mol. The van der Waals surface area contributed by atoms with Crippen molar-refractivity contribution in [1.29, 1.82) is 0 Å². The molecule has 2 heterocycles. The molecule has 0 spiro atoms. The van der Waals surface area contributed by atoms with E-state index in [0.29, 0.717) is 0 Å². The van der Waals surface area contributed by atoms with Crippen LogP contribution in [0.1, 0.15) is 37.7 Å². The smallest absolute Gasteiger partial charge is 0.184 e. The third-order valence-electron chi connectivity index (χ3n) is 2.47. The Morgan fingerprint density at radius 3 is 2.31 bits per heavy atom. The van der Waals surface area contributed by atoms with Crippen molar-refractivity contribution in [3.05, 3.63) is 17.0 Å². The van der Waals surface area contributed by atoms with E-state index in [0.717, 1.165) is 27.6 Å². The summed E-state index contributed by atoms with van der Waals surface area (Å²) in [5, 5.41) is 8.06. The molecule has 0 atom stereocenters. The fourth-order valence-corrected chi connectivity index (χ4v) is 2.49. The zero-order chi connectivity index (χ0) is 11.9. The molecule has 5 heteroatoms. The highest BCUT2D eigenvalue weighted by molar-refractivity contribution is 7.09. The van der Waals surface area contributed by atoms with Crippen molar-refractivity contribution >= 4 is 11.5 Å². The quantitative estimate of drug-likeness (QED) is 0.764. The van der Waals surface area contributed by atoms with Crippen molar-refractivity contribution < 1.29 is 4.52 Å². The maximum absolute atomic E-state index is 5.43. The monoisotopic (exact) mass is 237 g/mol. The summed E-state index contributed by atoms with van der Waals surface area (Å²) in [6, 6.07) is 0.